The van der Waals surface area contributed by atoms with E-state index in [1.54, 1.807) is 0 Å². The summed E-state index contributed by atoms with van der Waals surface area (Å²) in [6.07, 6.45) is 5.91. The van der Waals surface area contributed by atoms with Crippen LogP contribution in [0.3, 0.4) is 0 Å². The molecule has 0 saturated carbocycles. The van der Waals surface area contributed by atoms with E-state index in [1.165, 1.54) is 11.7 Å². The molecule has 0 radical (unpaired) electrons. The second-order valence-electron chi connectivity index (χ2n) is 4.73. The average Bonchev–Trinajstić information content (AvgIpc) is 2.80. The van der Waals surface area contributed by atoms with Gasteiger partial charge in [-0.2, -0.15) is 0 Å². The van der Waals surface area contributed by atoms with Gasteiger partial charge in [-0.15, -0.1) is 0 Å². The normalized spacial score (nSPS) is 17.8. The second-order valence-corrected chi connectivity index (χ2v) is 4.73. The third-order valence-corrected chi connectivity index (χ3v) is 3.67. The Bertz CT molecular complexity index is 567. The van der Waals surface area contributed by atoms with Crippen LogP contribution in [-0.2, 0) is 0 Å². The highest BCUT2D eigenvalue weighted by atomic mass is 16.4. The molecule has 0 aliphatic carbocycles. The molecule has 2 aromatic rings. The number of benzene rings is 1. The summed E-state index contributed by atoms with van der Waals surface area (Å²) in [5, 5.41) is 16.4. The fraction of sp³-hybridized carbons (Fsp3) is 0.357. The molecule has 0 atom stereocenters. The summed E-state index contributed by atoms with van der Waals surface area (Å²) in [7, 11) is 0. The number of rotatable bonds is 2. The van der Waals surface area contributed by atoms with Gasteiger partial charge < -0.3 is 15.1 Å². The maximum atomic E-state index is 8.75. The van der Waals surface area contributed by atoms with Gasteiger partial charge in [-0.25, -0.2) is 0 Å². The first-order valence-corrected chi connectivity index (χ1v) is 6.38. The number of piperidine rings is 1. The molecular weight excluding hydrogens is 226 g/mol. The zero-order valence-corrected chi connectivity index (χ0v) is 10.2. The average molecular weight is 243 g/mol. The first-order valence-electron chi connectivity index (χ1n) is 6.38. The summed E-state index contributed by atoms with van der Waals surface area (Å²) in [6, 6.07) is 8.82. The Hall–Kier alpha value is -1.81. The van der Waals surface area contributed by atoms with E-state index in [-0.39, 0.29) is 0 Å². The molecule has 94 valence electrons. The van der Waals surface area contributed by atoms with E-state index in [0.717, 1.165) is 36.9 Å². The molecule has 1 aromatic carbocycles. The molecule has 2 heterocycles. The van der Waals surface area contributed by atoms with Crippen molar-refractivity contribution >= 4 is 17.1 Å². The van der Waals surface area contributed by atoms with Crippen molar-refractivity contribution in [1.82, 2.24) is 9.88 Å². The smallest absolute Gasteiger partial charge is 0.0755 e. The number of oxime groups is 1. The summed E-state index contributed by atoms with van der Waals surface area (Å²) < 4.78 is 2.33. The quantitative estimate of drug-likeness (QED) is 0.483. The molecule has 0 amide bonds. The van der Waals surface area contributed by atoms with Crippen LogP contribution < -0.4 is 5.32 Å². The van der Waals surface area contributed by atoms with E-state index in [1.807, 2.05) is 6.07 Å². The van der Waals surface area contributed by atoms with Gasteiger partial charge in [0.2, 0.25) is 0 Å². The third kappa shape index (κ3) is 1.88. The summed E-state index contributed by atoms with van der Waals surface area (Å²) in [6.45, 7) is 2.14. The first kappa shape index (κ1) is 11.3. The van der Waals surface area contributed by atoms with Crippen LogP contribution in [0, 0.1) is 0 Å². The van der Waals surface area contributed by atoms with Crippen molar-refractivity contribution in [2.24, 2.45) is 5.16 Å². The molecule has 0 bridgehead atoms. The Kier molecular flexibility index (Phi) is 3.02. The van der Waals surface area contributed by atoms with Gasteiger partial charge in [0.15, 0.2) is 0 Å². The van der Waals surface area contributed by atoms with Crippen LogP contribution in [0.5, 0.6) is 0 Å². The highest BCUT2D eigenvalue weighted by Gasteiger charge is 2.17. The Balaban J connectivity index is 2.10. The number of hydrogen-bond acceptors (Lipinski definition) is 3. The lowest BCUT2D eigenvalue weighted by Gasteiger charge is -2.25. The second kappa shape index (κ2) is 4.82. The molecule has 0 spiro atoms. The lowest BCUT2D eigenvalue weighted by atomic mass is 10.1. The molecule has 18 heavy (non-hydrogen) atoms. The van der Waals surface area contributed by atoms with Gasteiger partial charge in [-0.3, -0.25) is 0 Å². The largest absolute Gasteiger partial charge is 0.411 e. The molecule has 0 unspecified atom stereocenters. The monoisotopic (exact) mass is 243 g/mol. The van der Waals surface area contributed by atoms with Crippen molar-refractivity contribution in [2.45, 2.75) is 18.9 Å². The van der Waals surface area contributed by atoms with E-state index in [2.05, 4.69) is 39.4 Å². The summed E-state index contributed by atoms with van der Waals surface area (Å²) >= 11 is 0. The highest BCUT2D eigenvalue weighted by molar-refractivity contribution is 5.99. The minimum atomic E-state index is 0.539. The van der Waals surface area contributed by atoms with Gasteiger partial charge >= 0.3 is 0 Å². The topological polar surface area (TPSA) is 49.6 Å². The lowest BCUT2D eigenvalue weighted by molar-refractivity contribution is 0.322. The van der Waals surface area contributed by atoms with Crippen LogP contribution >= 0.6 is 0 Å². The zero-order chi connectivity index (χ0) is 12.4. The Labute approximate surface area is 106 Å². The van der Waals surface area contributed by atoms with Gasteiger partial charge in [0.05, 0.1) is 6.21 Å². The fourth-order valence-corrected chi connectivity index (χ4v) is 2.78. The molecule has 4 nitrogen and oxygen atoms in total. The predicted molar refractivity (Wildman–Crippen MR) is 72.5 cm³/mol. The van der Waals surface area contributed by atoms with Gasteiger partial charge in [0, 0.05) is 28.7 Å². The minimum absolute atomic E-state index is 0.539. The zero-order valence-electron chi connectivity index (χ0n) is 10.2. The SMILES string of the molecule is O/N=C\c1cn(C2CCNCC2)c2ccccc12. The maximum Gasteiger partial charge on any atom is 0.0755 e. The van der Waals surface area contributed by atoms with E-state index in [0.29, 0.717) is 6.04 Å². The van der Waals surface area contributed by atoms with Crippen molar-refractivity contribution in [2.75, 3.05) is 13.1 Å². The number of fused-ring (bicyclic) bond motifs is 1. The van der Waals surface area contributed by atoms with Gasteiger partial charge in [0.25, 0.3) is 0 Å². The van der Waals surface area contributed by atoms with Crippen LogP contribution in [-0.4, -0.2) is 29.1 Å². The maximum absolute atomic E-state index is 8.75. The van der Waals surface area contributed by atoms with Crippen molar-refractivity contribution in [3.63, 3.8) is 0 Å². The molecule has 1 saturated heterocycles. The number of para-hydroxylation sites is 1. The molecule has 1 aliphatic heterocycles. The molecule has 1 aliphatic rings. The Morgan fingerprint density at radius 2 is 2.06 bits per heavy atom. The number of aromatic nitrogens is 1. The van der Waals surface area contributed by atoms with Crippen molar-refractivity contribution in [3.05, 3.63) is 36.0 Å². The highest BCUT2D eigenvalue weighted by Crippen LogP contribution is 2.27. The van der Waals surface area contributed by atoms with Gasteiger partial charge in [-0.1, -0.05) is 23.4 Å². The summed E-state index contributed by atoms with van der Waals surface area (Å²) in [5.41, 5.74) is 2.20. The summed E-state index contributed by atoms with van der Waals surface area (Å²) in [4.78, 5) is 0. The number of hydrogen-bond donors (Lipinski definition) is 2. The van der Waals surface area contributed by atoms with Crippen LogP contribution in [0.1, 0.15) is 24.4 Å². The van der Waals surface area contributed by atoms with E-state index < -0.39 is 0 Å². The van der Waals surface area contributed by atoms with Crippen molar-refractivity contribution in [1.29, 1.82) is 0 Å². The van der Waals surface area contributed by atoms with E-state index in [9.17, 15) is 0 Å². The van der Waals surface area contributed by atoms with Crippen LogP contribution in [0.15, 0.2) is 35.6 Å². The van der Waals surface area contributed by atoms with E-state index in [4.69, 9.17) is 5.21 Å². The standard InChI is InChI=1S/C14H17N3O/c18-16-9-11-10-17(12-5-7-15-8-6-12)14-4-2-1-3-13(11)14/h1-4,9-10,12,15,18H,5-8H2/b16-9-. The molecule has 4 heteroatoms. The molecular formula is C14H17N3O. The number of nitrogens with one attached hydrogen (secondary N) is 1. The molecule has 1 aromatic heterocycles. The van der Waals surface area contributed by atoms with Crippen LogP contribution in [0.2, 0.25) is 0 Å². The first-order chi connectivity index (χ1) is 8.90. The molecule has 1 fully saturated rings. The molecule has 3 rings (SSSR count). The molecule has 2 N–H and O–H groups in total. The Morgan fingerprint density at radius 3 is 2.83 bits per heavy atom. The third-order valence-electron chi connectivity index (χ3n) is 3.67. The van der Waals surface area contributed by atoms with Crippen molar-refractivity contribution < 1.29 is 5.21 Å². The lowest BCUT2D eigenvalue weighted by Crippen LogP contribution is -2.29. The van der Waals surface area contributed by atoms with E-state index >= 15 is 0 Å². The number of nitrogens with zero attached hydrogens (tertiary/aromatic N) is 2. The van der Waals surface area contributed by atoms with Gasteiger partial charge in [0.1, 0.15) is 0 Å². The van der Waals surface area contributed by atoms with Gasteiger partial charge in [-0.05, 0) is 32.0 Å². The van der Waals surface area contributed by atoms with Crippen LogP contribution in [0.25, 0.3) is 10.9 Å². The Morgan fingerprint density at radius 1 is 1.28 bits per heavy atom. The summed E-state index contributed by atoms with van der Waals surface area (Å²) in [5.74, 6) is 0. The van der Waals surface area contributed by atoms with Crippen molar-refractivity contribution in [3.8, 4) is 0 Å². The van der Waals surface area contributed by atoms with Crippen LogP contribution in [0.4, 0.5) is 0 Å². The minimum Gasteiger partial charge on any atom is -0.411 e. The predicted octanol–water partition coefficient (Wildman–Crippen LogP) is 2.37. The fourth-order valence-electron chi connectivity index (χ4n) is 2.78.